The number of alkyl halides is 3. The highest BCUT2D eigenvalue weighted by Crippen LogP contribution is 2.37. The monoisotopic (exact) mass is 588 g/mol. The van der Waals surface area contributed by atoms with Crippen LogP contribution in [0.25, 0.3) is 0 Å². The van der Waals surface area contributed by atoms with Crippen LogP contribution in [0.2, 0.25) is 0 Å². The summed E-state index contributed by atoms with van der Waals surface area (Å²) in [7, 11) is 0. The molecule has 11 heteroatoms. The highest BCUT2D eigenvalue weighted by Gasteiger charge is 2.44. The third kappa shape index (κ3) is 9.46. The zero-order valence-corrected chi connectivity index (χ0v) is 24.2. The molecule has 1 aliphatic rings. The third-order valence-electron chi connectivity index (χ3n) is 7.14. The second-order valence-corrected chi connectivity index (χ2v) is 11.7. The highest BCUT2D eigenvalue weighted by atomic mass is 19.4. The maximum Gasteiger partial charge on any atom is 0.417 e. The van der Waals surface area contributed by atoms with E-state index in [1.807, 2.05) is 18.2 Å². The van der Waals surface area contributed by atoms with Crippen molar-refractivity contribution in [1.29, 1.82) is 5.26 Å². The van der Waals surface area contributed by atoms with E-state index in [-0.39, 0.29) is 18.0 Å². The Morgan fingerprint density at radius 2 is 1.71 bits per heavy atom. The van der Waals surface area contributed by atoms with Gasteiger partial charge in [0.25, 0.3) is 5.91 Å². The number of rotatable bonds is 10. The molecule has 0 aromatic heterocycles. The van der Waals surface area contributed by atoms with Crippen molar-refractivity contribution in [3.63, 3.8) is 0 Å². The van der Waals surface area contributed by atoms with Crippen LogP contribution in [-0.2, 0) is 28.7 Å². The van der Waals surface area contributed by atoms with Crippen LogP contribution in [0.15, 0.2) is 42.5 Å². The first-order chi connectivity index (χ1) is 19.7. The summed E-state index contributed by atoms with van der Waals surface area (Å²) < 4.78 is 45.7. The van der Waals surface area contributed by atoms with Crippen LogP contribution in [0.3, 0.4) is 0 Å². The minimum absolute atomic E-state index is 0.0139. The number of carbonyl (C=O) groups excluding carboxylic acids is 2. The highest BCUT2D eigenvalue weighted by molar-refractivity contribution is 5.97. The van der Waals surface area contributed by atoms with Gasteiger partial charge in [-0.3, -0.25) is 4.79 Å². The van der Waals surface area contributed by atoms with Gasteiger partial charge in [-0.15, -0.1) is 0 Å². The van der Waals surface area contributed by atoms with Crippen molar-refractivity contribution in [1.82, 2.24) is 10.6 Å². The molecule has 42 heavy (non-hydrogen) atoms. The number of hydrogen-bond donors (Lipinski definition) is 4. The second-order valence-electron chi connectivity index (χ2n) is 11.7. The van der Waals surface area contributed by atoms with E-state index in [0.717, 1.165) is 37.0 Å². The summed E-state index contributed by atoms with van der Waals surface area (Å²) in [6.07, 6.45) is -1.36. The molecule has 2 aromatic carbocycles. The van der Waals surface area contributed by atoms with E-state index in [1.165, 1.54) is 12.1 Å². The lowest BCUT2D eigenvalue weighted by Gasteiger charge is -2.37. The number of halogens is 3. The van der Waals surface area contributed by atoms with Crippen LogP contribution in [-0.4, -0.2) is 41.4 Å². The SMILES string of the molecule is CC(C)(C)OC(=O)NCCNCc1cccc(CC(O)(C(=O)Nc2ccc(C#N)c(C(F)(F)F)c2)C2CCCCC2)c1. The molecular weight excluding hydrogens is 549 g/mol. The lowest BCUT2D eigenvalue weighted by Crippen LogP contribution is -2.51. The Kier molecular flexibility index (Phi) is 11.0. The normalized spacial score (nSPS) is 15.8. The van der Waals surface area contributed by atoms with Gasteiger partial charge in [-0.25, -0.2) is 4.79 Å². The van der Waals surface area contributed by atoms with Gasteiger partial charge in [-0.05, 0) is 68.9 Å². The smallest absolute Gasteiger partial charge is 0.417 e. The van der Waals surface area contributed by atoms with Gasteiger partial charge in [0.1, 0.15) is 11.2 Å². The van der Waals surface area contributed by atoms with Crippen molar-refractivity contribution in [2.24, 2.45) is 5.92 Å². The van der Waals surface area contributed by atoms with Crippen molar-refractivity contribution >= 4 is 17.7 Å². The van der Waals surface area contributed by atoms with E-state index in [4.69, 9.17) is 10.00 Å². The number of anilines is 1. The predicted octanol–water partition coefficient (Wildman–Crippen LogP) is 5.68. The molecule has 1 atom stereocenters. The van der Waals surface area contributed by atoms with Crippen molar-refractivity contribution < 1.29 is 32.6 Å². The number of alkyl carbamates (subject to hydrolysis) is 1. The van der Waals surface area contributed by atoms with Gasteiger partial charge in [0, 0.05) is 31.7 Å². The van der Waals surface area contributed by atoms with Gasteiger partial charge < -0.3 is 25.8 Å². The predicted molar refractivity (Wildman–Crippen MR) is 152 cm³/mol. The Morgan fingerprint density at radius 3 is 2.36 bits per heavy atom. The Bertz CT molecular complexity index is 1280. The molecule has 228 valence electrons. The fourth-order valence-electron chi connectivity index (χ4n) is 5.14. The van der Waals surface area contributed by atoms with Crippen molar-refractivity contribution in [2.45, 2.75) is 83.2 Å². The Morgan fingerprint density at radius 1 is 1.02 bits per heavy atom. The van der Waals surface area contributed by atoms with Crippen molar-refractivity contribution in [3.05, 3.63) is 64.7 Å². The Labute approximate surface area is 244 Å². The van der Waals surface area contributed by atoms with Crippen LogP contribution < -0.4 is 16.0 Å². The zero-order chi connectivity index (χ0) is 31.0. The summed E-state index contributed by atoms with van der Waals surface area (Å²) in [5.74, 6) is -1.14. The molecule has 0 heterocycles. The summed E-state index contributed by atoms with van der Waals surface area (Å²) in [6, 6.07) is 11.9. The van der Waals surface area contributed by atoms with E-state index in [9.17, 15) is 27.9 Å². The summed E-state index contributed by atoms with van der Waals surface area (Å²) in [6.45, 7) is 6.68. The van der Waals surface area contributed by atoms with E-state index in [2.05, 4.69) is 16.0 Å². The summed E-state index contributed by atoms with van der Waals surface area (Å²) >= 11 is 0. The van der Waals surface area contributed by atoms with Gasteiger partial charge in [-0.1, -0.05) is 43.5 Å². The maximum absolute atomic E-state index is 13.6. The van der Waals surface area contributed by atoms with Crippen LogP contribution in [0.4, 0.5) is 23.7 Å². The number of benzene rings is 2. The molecule has 0 saturated heterocycles. The van der Waals surface area contributed by atoms with Gasteiger partial charge >= 0.3 is 12.3 Å². The van der Waals surface area contributed by atoms with Crippen LogP contribution in [0, 0.1) is 17.2 Å². The molecule has 0 radical (unpaired) electrons. The van der Waals surface area contributed by atoms with Crippen molar-refractivity contribution in [2.75, 3.05) is 18.4 Å². The molecule has 0 spiro atoms. The average Bonchev–Trinajstić information content (AvgIpc) is 2.92. The zero-order valence-electron chi connectivity index (χ0n) is 24.2. The molecule has 4 N–H and O–H groups in total. The fourth-order valence-corrected chi connectivity index (χ4v) is 5.14. The van der Waals surface area contributed by atoms with Gasteiger partial charge in [-0.2, -0.15) is 18.4 Å². The van der Waals surface area contributed by atoms with Gasteiger partial charge in [0.15, 0.2) is 0 Å². The number of ether oxygens (including phenoxy) is 1. The second kappa shape index (κ2) is 14.0. The third-order valence-corrected chi connectivity index (χ3v) is 7.14. The molecule has 8 nitrogen and oxygen atoms in total. The van der Waals surface area contributed by atoms with Gasteiger partial charge in [0.2, 0.25) is 0 Å². The summed E-state index contributed by atoms with van der Waals surface area (Å²) in [4.78, 5) is 25.3. The number of hydrogen-bond acceptors (Lipinski definition) is 6. The van der Waals surface area contributed by atoms with E-state index < -0.39 is 40.5 Å². The van der Waals surface area contributed by atoms with Crippen LogP contribution in [0.5, 0.6) is 0 Å². The average molecular weight is 589 g/mol. The number of amides is 2. The van der Waals surface area contributed by atoms with Gasteiger partial charge in [0.05, 0.1) is 17.2 Å². The van der Waals surface area contributed by atoms with E-state index in [1.54, 1.807) is 26.8 Å². The molecule has 0 aliphatic heterocycles. The molecule has 1 unspecified atom stereocenters. The quantitative estimate of drug-likeness (QED) is 0.265. The lowest BCUT2D eigenvalue weighted by atomic mass is 9.73. The lowest BCUT2D eigenvalue weighted by molar-refractivity contribution is -0.142. The molecule has 1 saturated carbocycles. The van der Waals surface area contributed by atoms with E-state index in [0.29, 0.717) is 38.0 Å². The number of nitriles is 1. The Hall–Kier alpha value is -3.62. The first-order valence-electron chi connectivity index (χ1n) is 14.1. The Balaban J connectivity index is 1.71. The molecule has 2 aromatic rings. The summed E-state index contributed by atoms with van der Waals surface area (Å²) in [5, 5.41) is 29.3. The molecule has 1 aliphatic carbocycles. The largest absolute Gasteiger partial charge is 0.444 e. The molecule has 3 rings (SSSR count). The standard InChI is InChI=1S/C31H39F3N4O4/c1-29(2,3)42-28(40)37-15-14-36-20-22-9-7-8-21(16-22)18-30(41,24-10-5-4-6-11-24)27(39)38-25-13-12-23(19-35)26(17-25)31(32,33)34/h7-9,12-13,16-17,24,36,41H,4-6,10-11,14-15,18,20H2,1-3H3,(H,37,40)(H,38,39). The molecular formula is C31H39F3N4O4. The minimum Gasteiger partial charge on any atom is -0.444 e. The number of nitrogens with one attached hydrogen (secondary N) is 3. The molecule has 1 fully saturated rings. The maximum atomic E-state index is 13.6. The number of carbonyl (C=O) groups is 2. The van der Waals surface area contributed by atoms with Crippen molar-refractivity contribution in [3.8, 4) is 6.07 Å². The molecule has 0 bridgehead atoms. The van der Waals surface area contributed by atoms with Crippen LogP contribution >= 0.6 is 0 Å². The summed E-state index contributed by atoms with van der Waals surface area (Å²) in [5.41, 5.74) is -2.66. The first-order valence-corrected chi connectivity index (χ1v) is 14.1. The minimum atomic E-state index is -4.77. The number of nitrogens with zero attached hydrogens (tertiary/aromatic N) is 1. The van der Waals surface area contributed by atoms with E-state index >= 15 is 0 Å². The topological polar surface area (TPSA) is 123 Å². The first kappa shape index (κ1) is 32.9. The molecule has 2 amide bonds. The van der Waals surface area contributed by atoms with Crippen LogP contribution in [0.1, 0.15) is 75.1 Å². The fraction of sp³-hybridized carbons (Fsp3) is 0.516. The number of aliphatic hydroxyl groups is 1.